The quantitative estimate of drug-likeness (QED) is 0.928. The van der Waals surface area contributed by atoms with Gasteiger partial charge in [-0.2, -0.15) is 0 Å². The predicted octanol–water partition coefficient (Wildman–Crippen LogP) is 3.86. The first-order valence-corrected chi connectivity index (χ1v) is 7.88. The summed E-state index contributed by atoms with van der Waals surface area (Å²) in [5.41, 5.74) is 2.33. The molecule has 2 rings (SSSR count). The summed E-state index contributed by atoms with van der Waals surface area (Å²) in [5.74, 6) is -1.47. The Bertz CT molecular complexity index is 734. The lowest BCUT2D eigenvalue weighted by Crippen LogP contribution is -2.12. The number of aromatic nitrogens is 1. The number of aryl methyl sites for hydroxylation is 1. The minimum Gasteiger partial charge on any atom is -0.481 e. The van der Waals surface area contributed by atoms with Crippen LogP contribution in [-0.2, 0) is 11.8 Å². The summed E-state index contributed by atoms with van der Waals surface area (Å²) in [6, 6.07) is 5.35. The van der Waals surface area contributed by atoms with Gasteiger partial charge in [0.05, 0.1) is 16.6 Å². The van der Waals surface area contributed by atoms with E-state index in [0.29, 0.717) is 22.7 Å². The number of carboxylic acid groups (broad SMARTS) is 1. The van der Waals surface area contributed by atoms with E-state index in [-0.39, 0.29) is 0 Å². The van der Waals surface area contributed by atoms with Gasteiger partial charge in [0.15, 0.2) is 4.80 Å². The molecular weight excluding hydrogens is 308 g/mol. The molecule has 1 unspecified atom stereocenters. The van der Waals surface area contributed by atoms with Crippen LogP contribution in [-0.4, -0.2) is 15.6 Å². The molecule has 1 aromatic heterocycles. The first kappa shape index (κ1) is 15.8. The summed E-state index contributed by atoms with van der Waals surface area (Å²) in [6.45, 7) is 3.84. The molecule has 0 saturated carbocycles. The fraction of sp³-hybridized carbons (Fsp3) is 0.333. The molecule has 0 saturated heterocycles. The van der Waals surface area contributed by atoms with Crippen molar-refractivity contribution in [2.75, 3.05) is 0 Å². The van der Waals surface area contributed by atoms with Crippen LogP contribution in [0.2, 0.25) is 5.02 Å². The number of aliphatic carboxylic acids is 1. The van der Waals surface area contributed by atoms with E-state index in [1.165, 1.54) is 11.3 Å². The van der Waals surface area contributed by atoms with E-state index in [9.17, 15) is 9.90 Å². The van der Waals surface area contributed by atoms with Gasteiger partial charge in [0.1, 0.15) is 0 Å². The molecule has 0 amide bonds. The lowest BCUT2D eigenvalue weighted by molar-refractivity contribution is -0.138. The number of hydrogen-bond acceptors (Lipinski definition) is 3. The third-order valence-electron chi connectivity index (χ3n) is 3.46. The van der Waals surface area contributed by atoms with Crippen molar-refractivity contribution in [1.82, 2.24) is 4.57 Å². The predicted molar refractivity (Wildman–Crippen MR) is 85.4 cm³/mol. The molecule has 0 fully saturated rings. The third kappa shape index (κ3) is 3.19. The fourth-order valence-electron chi connectivity index (χ4n) is 2.07. The summed E-state index contributed by atoms with van der Waals surface area (Å²) in [4.78, 5) is 16.7. The minimum absolute atomic E-state index is 0.415. The average molecular weight is 325 g/mol. The van der Waals surface area contributed by atoms with Crippen molar-refractivity contribution in [2.45, 2.75) is 26.2 Å². The number of thiazole rings is 1. The van der Waals surface area contributed by atoms with Crippen molar-refractivity contribution < 1.29 is 9.90 Å². The Kier molecular flexibility index (Phi) is 4.85. The van der Waals surface area contributed by atoms with Crippen LogP contribution in [0.3, 0.4) is 0 Å². The maximum Gasteiger partial charge on any atom is 0.311 e. The smallest absolute Gasteiger partial charge is 0.311 e. The molecule has 1 N–H and O–H groups in total. The van der Waals surface area contributed by atoms with Crippen LogP contribution in [0.4, 0.5) is 5.69 Å². The van der Waals surface area contributed by atoms with Crippen LogP contribution in [0, 0.1) is 6.92 Å². The maximum absolute atomic E-state index is 11.3. The van der Waals surface area contributed by atoms with Gasteiger partial charge >= 0.3 is 5.97 Å². The molecule has 112 valence electrons. The zero-order chi connectivity index (χ0) is 15.6. The number of carbonyl (C=O) groups is 1. The number of nitrogens with zero attached hydrogens (tertiary/aromatic N) is 2. The highest BCUT2D eigenvalue weighted by molar-refractivity contribution is 7.07. The van der Waals surface area contributed by atoms with Gasteiger partial charge in [0.25, 0.3) is 0 Å². The van der Waals surface area contributed by atoms with E-state index >= 15 is 0 Å². The molecule has 0 bridgehead atoms. The van der Waals surface area contributed by atoms with Gasteiger partial charge in [-0.3, -0.25) is 4.79 Å². The fourth-order valence-corrected chi connectivity index (χ4v) is 3.26. The Morgan fingerprint density at radius 3 is 2.76 bits per heavy atom. The van der Waals surface area contributed by atoms with Crippen LogP contribution < -0.4 is 4.80 Å². The summed E-state index contributed by atoms with van der Waals surface area (Å²) in [6.07, 6.45) is 0.490. The Morgan fingerprint density at radius 2 is 2.24 bits per heavy atom. The largest absolute Gasteiger partial charge is 0.481 e. The van der Waals surface area contributed by atoms with E-state index in [1.54, 1.807) is 18.2 Å². The Hall–Kier alpha value is -1.59. The zero-order valence-corrected chi connectivity index (χ0v) is 13.7. The SMILES string of the molecule is CCC(C(=O)O)c1cccc(N=c2scc(C)n2C)c1Cl. The number of halogens is 1. The third-order valence-corrected chi connectivity index (χ3v) is 4.90. The number of hydrogen-bond donors (Lipinski definition) is 1. The zero-order valence-electron chi connectivity index (χ0n) is 12.1. The summed E-state index contributed by atoms with van der Waals surface area (Å²) in [7, 11) is 1.94. The van der Waals surface area contributed by atoms with Crippen molar-refractivity contribution in [1.29, 1.82) is 0 Å². The molecule has 4 nitrogen and oxygen atoms in total. The highest BCUT2D eigenvalue weighted by Crippen LogP contribution is 2.34. The van der Waals surface area contributed by atoms with Gasteiger partial charge in [-0.15, -0.1) is 11.3 Å². The van der Waals surface area contributed by atoms with Crippen LogP contribution >= 0.6 is 22.9 Å². The van der Waals surface area contributed by atoms with Crippen molar-refractivity contribution in [3.05, 3.63) is 44.7 Å². The van der Waals surface area contributed by atoms with Gasteiger partial charge in [-0.05, 0) is 25.0 Å². The van der Waals surface area contributed by atoms with Crippen LogP contribution in [0.1, 0.15) is 30.5 Å². The maximum atomic E-state index is 11.3. The van der Waals surface area contributed by atoms with E-state index < -0.39 is 11.9 Å². The van der Waals surface area contributed by atoms with E-state index in [0.717, 1.165) is 10.5 Å². The van der Waals surface area contributed by atoms with Crippen LogP contribution in [0.25, 0.3) is 0 Å². The number of benzene rings is 1. The average Bonchev–Trinajstić information content (AvgIpc) is 2.75. The van der Waals surface area contributed by atoms with Gasteiger partial charge in [0, 0.05) is 18.1 Å². The lowest BCUT2D eigenvalue weighted by Gasteiger charge is -2.13. The van der Waals surface area contributed by atoms with Gasteiger partial charge in [-0.1, -0.05) is 30.7 Å². The first-order valence-electron chi connectivity index (χ1n) is 6.62. The Labute approximate surface area is 132 Å². The highest BCUT2D eigenvalue weighted by atomic mass is 35.5. The molecule has 0 aliphatic rings. The number of rotatable bonds is 4. The molecule has 0 aliphatic heterocycles. The summed E-state index contributed by atoms with van der Waals surface area (Å²) >= 11 is 7.90. The molecule has 0 spiro atoms. The van der Waals surface area contributed by atoms with E-state index in [2.05, 4.69) is 4.99 Å². The highest BCUT2D eigenvalue weighted by Gasteiger charge is 2.21. The molecular formula is C15H17ClN2O2S. The lowest BCUT2D eigenvalue weighted by atomic mass is 9.96. The Balaban J connectivity index is 2.55. The molecule has 1 heterocycles. The summed E-state index contributed by atoms with van der Waals surface area (Å²) in [5, 5.41) is 11.7. The number of carboxylic acids is 1. The Morgan fingerprint density at radius 1 is 1.52 bits per heavy atom. The van der Waals surface area contributed by atoms with E-state index in [4.69, 9.17) is 11.6 Å². The molecule has 6 heteroatoms. The van der Waals surface area contributed by atoms with Crippen molar-refractivity contribution in [2.24, 2.45) is 12.0 Å². The second kappa shape index (κ2) is 6.45. The standard InChI is InChI=1S/C15H17ClN2O2S/c1-4-10(14(19)20)11-6-5-7-12(13(11)16)17-15-18(3)9(2)8-21-15/h5-8,10H,4H2,1-3H3,(H,19,20). The second-order valence-corrected chi connectivity index (χ2v) is 6.02. The van der Waals surface area contributed by atoms with Gasteiger partial charge in [0.2, 0.25) is 0 Å². The summed E-state index contributed by atoms with van der Waals surface area (Å²) < 4.78 is 1.97. The molecule has 1 atom stereocenters. The first-order chi connectivity index (χ1) is 9.95. The van der Waals surface area contributed by atoms with Crippen LogP contribution in [0.15, 0.2) is 28.6 Å². The second-order valence-electron chi connectivity index (χ2n) is 4.81. The van der Waals surface area contributed by atoms with Crippen molar-refractivity contribution >= 4 is 34.6 Å². The van der Waals surface area contributed by atoms with Gasteiger partial charge in [-0.25, -0.2) is 4.99 Å². The molecule has 0 radical (unpaired) electrons. The van der Waals surface area contributed by atoms with Crippen molar-refractivity contribution in [3.63, 3.8) is 0 Å². The van der Waals surface area contributed by atoms with E-state index in [1.807, 2.05) is 30.8 Å². The molecule has 21 heavy (non-hydrogen) atoms. The molecule has 0 aliphatic carbocycles. The molecule has 2 aromatic rings. The normalized spacial score (nSPS) is 13.4. The van der Waals surface area contributed by atoms with Gasteiger partial charge < -0.3 is 9.67 Å². The minimum atomic E-state index is -0.867. The van der Waals surface area contributed by atoms with Crippen LogP contribution in [0.5, 0.6) is 0 Å². The monoisotopic (exact) mass is 324 g/mol. The topological polar surface area (TPSA) is 54.6 Å². The van der Waals surface area contributed by atoms with Crippen molar-refractivity contribution in [3.8, 4) is 0 Å². The molecule has 1 aromatic carbocycles.